The maximum Gasteiger partial charge on any atom is 0.119 e. The third-order valence-electron chi connectivity index (χ3n) is 2.53. The van der Waals surface area contributed by atoms with Gasteiger partial charge in [0.1, 0.15) is 5.75 Å². The molecule has 1 rings (SSSR count). The van der Waals surface area contributed by atoms with Crippen LogP contribution in [0.5, 0.6) is 5.75 Å². The zero-order chi connectivity index (χ0) is 11.6. The fourth-order valence-electron chi connectivity index (χ4n) is 1.61. The molecule has 0 aliphatic rings. The van der Waals surface area contributed by atoms with Crippen molar-refractivity contribution < 1.29 is 10.3 Å². The number of benzene rings is 1. The molecular formula is C12H19NO2. The Morgan fingerprint density at radius 1 is 1.27 bits per heavy atom. The van der Waals surface area contributed by atoms with Gasteiger partial charge in [0.25, 0.3) is 0 Å². The standard InChI is InChI=1S/C12H19NO2/c1-8-5-11(14)10(12(2,3)4)6-9(8)7-13-15/h5-6,13-15H,7H2,1-4H3. The van der Waals surface area contributed by atoms with Crippen molar-refractivity contribution in [3.05, 3.63) is 28.8 Å². The third-order valence-corrected chi connectivity index (χ3v) is 2.53. The molecule has 1 aromatic rings. The van der Waals surface area contributed by atoms with Gasteiger partial charge < -0.3 is 10.3 Å². The lowest BCUT2D eigenvalue weighted by molar-refractivity contribution is 0.161. The van der Waals surface area contributed by atoms with Crippen LogP contribution in [0.2, 0.25) is 0 Å². The zero-order valence-corrected chi connectivity index (χ0v) is 9.76. The molecule has 0 amide bonds. The Kier molecular flexibility index (Phi) is 3.37. The van der Waals surface area contributed by atoms with Crippen LogP contribution in [0.25, 0.3) is 0 Å². The summed E-state index contributed by atoms with van der Waals surface area (Å²) < 4.78 is 0. The molecule has 3 heteroatoms. The minimum atomic E-state index is -0.0952. The minimum absolute atomic E-state index is 0.0952. The van der Waals surface area contributed by atoms with Crippen LogP contribution >= 0.6 is 0 Å². The molecule has 0 saturated carbocycles. The molecule has 1 aromatic carbocycles. The number of hydrogen-bond acceptors (Lipinski definition) is 3. The lowest BCUT2D eigenvalue weighted by Crippen LogP contribution is -2.14. The van der Waals surface area contributed by atoms with E-state index < -0.39 is 0 Å². The third kappa shape index (κ3) is 2.70. The maximum atomic E-state index is 9.84. The average Bonchev–Trinajstić information content (AvgIpc) is 2.07. The van der Waals surface area contributed by atoms with Crippen LogP contribution in [0.1, 0.15) is 37.5 Å². The second-order valence-corrected chi connectivity index (χ2v) is 4.88. The smallest absolute Gasteiger partial charge is 0.119 e. The van der Waals surface area contributed by atoms with Crippen molar-refractivity contribution in [1.29, 1.82) is 0 Å². The maximum absolute atomic E-state index is 9.84. The SMILES string of the molecule is Cc1cc(O)c(C(C)(C)C)cc1CNO. The molecule has 0 saturated heterocycles. The topological polar surface area (TPSA) is 52.5 Å². The monoisotopic (exact) mass is 209 g/mol. The molecular weight excluding hydrogens is 190 g/mol. The van der Waals surface area contributed by atoms with Crippen LogP contribution in [0, 0.1) is 6.92 Å². The molecule has 0 fully saturated rings. The van der Waals surface area contributed by atoms with Gasteiger partial charge in [-0.2, -0.15) is 0 Å². The Morgan fingerprint density at radius 3 is 2.33 bits per heavy atom. The summed E-state index contributed by atoms with van der Waals surface area (Å²) in [6.45, 7) is 8.46. The van der Waals surface area contributed by atoms with E-state index in [9.17, 15) is 5.11 Å². The van der Waals surface area contributed by atoms with E-state index in [1.807, 2.05) is 33.8 Å². The van der Waals surface area contributed by atoms with Crippen molar-refractivity contribution in [2.75, 3.05) is 0 Å². The van der Waals surface area contributed by atoms with Gasteiger partial charge in [0.15, 0.2) is 0 Å². The number of aromatic hydroxyl groups is 1. The highest BCUT2D eigenvalue weighted by molar-refractivity contribution is 5.44. The van der Waals surface area contributed by atoms with E-state index in [0.29, 0.717) is 12.3 Å². The Balaban J connectivity index is 3.23. The van der Waals surface area contributed by atoms with Crippen molar-refractivity contribution in [2.45, 2.75) is 39.7 Å². The van der Waals surface area contributed by atoms with Gasteiger partial charge in [0.2, 0.25) is 0 Å². The van der Waals surface area contributed by atoms with E-state index in [1.165, 1.54) is 0 Å². The van der Waals surface area contributed by atoms with Gasteiger partial charge in [-0.1, -0.05) is 20.8 Å². The highest BCUT2D eigenvalue weighted by Crippen LogP contribution is 2.32. The molecule has 0 unspecified atom stereocenters. The molecule has 84 valence electrons. The first kappa shape index (κ1) is 12.0. The van der Waals surface area contributed by atoms with Crippen molar-refractivity contribution in [3.63, 3.8) is 0 Å². The summed E-state index contributed by atoms with van der Waals surface area (Å²) in [6.07, 6.45) is 0. The molecule has 0 radical (unpaired) electrons. The summed E-state index contributed by atoms with van der Waals surface area (Å²) >= 11 is 0. The first-order chi connectivity index (χ1) is 6.86. The predicted molar refractivity (Wildman–Crippen MR) is 60.2 cm³/mol. The van der Waals surface area contributed by atoms with Crippen LogP contribution in [0.15, 0.2) is 12.1 Å². The van der Waals surface area contributed by atoms with Crippen LogP contribution in [-0.2, 0) is 12.0 Å². The van der Waals surface area contributed by atoms with E-state index in [-0.39, 0.29) is 5.41 Å². The van der Waals surface area contributed by atoms with Gasteiger partial charge in [-0.15, -0.1) is 0 Å². The van der Waals surface area contributed by atoms with Crippen molar-refractivity contribution in [3.8, 4) is 5.75 Å². The number of aryl methyl sites for hydroxylation is 1. The number of nitrogens with one attached hydrogen (secondary N) is 1. The summed E-state index contributed by atoms with van der Waals surface area (Å²) in [5.41, 5.74) is 4.92. The summed E-state index contributed by atoms with van der Waals surface area (Å²) in [4.78, 5) is 0. The highest BCUT2D eigenvalue weighted by Gasteiger charge is 2.19. The second-order valence-electron chi connectivity index (χ2n) is 4.88. The van der Waals surface area contributed by atoms with Crippen LogP contribution < -0.4 is 5.48 Å². The van der Waals surface area contributed by atoms with Gasteiger partial charge in [-0.3, -0.25) is 0 Å². The summed E-state index contributed by atoms with van der Waals surface area (Å²) in [7, 11) is 0. The Labute approximate surface area is 90.7 Å². The quantitative estimate of drug-likeness (QED) is 0.656. The molecule has 0 aromatic heterocycles. The van der Waals surface area contributed by atoms with Crippen LogP contribution in [0.3, 0.4) is 0 Å². The molecule has 15 heavy (non-hydrogen) atoms. The van der Waals surface area contributed by atoms with E-state index in [1.54, 1.807) is 6.07 Å². The van der Waals surface area contributed by atoms with Crippen LogP contribution in [-0.4, -0.2) is 10.3 Å². The number of hydroxylamine groups is 1. The molecule has 0 heterocycles. The van der Waals surface area contributed by atoms with Crippen LogP contribution in [0.4, 0.5) is 0 Å². The van der Waals surface area contributed by atoms with E-state index in [2.05, 4.69) is 5.48 Å². The van der Waals surface area contributed by atoms with Crippen molar-refractivity contribution in [2.24, 2.45) is 0 Å². The Morgan fingerprint density at radius 2 is 1.87 bits per heavy atom. The number of hydrogen-bond donors (Lipinski definition) is 3. The minimum Gasteiger partial charge on any atom is -0.508 e. The Bertz CT molecular complexity index is 353. The summed E-state index contributed by atoms with van der Waals surface area (Å²) in [6, 6.07) is 3.68. The highest BCUT2D eigenvalue weighted by atomic mass is 16.5. The molecule has 0 spiro atoms. The fraction of sp³-hybridized carbons (Fsp3) is 0.500. The van der Waals surface area contributed by atoms with Crippen molar-refractivity contribution in [1.82, 2.24) is 5.48 Å². The van der Waals surface area contributed by atoms with Gasteiger partial charge in [-0.25, -0.2) is 5.48 Å². The molecule has 3 N–H and O–H groups in total. The largest absolute Gasteiger partial charge is 0.508 e. The lowest BCUT2D eigenvalue weighted by atomic mass is 9.84. The van der Waals surface area contributed by atoms with E-state index in [4.69, 9.17) is 5.21 Å². The fourth-order valence-corrected chi connectivity index (χ4v) is 1.61. The molecule has 0 bridgehead atoms. The van der Waals surface area contributed by atoms with Gasteiger partial charge in [0.05, 0.1) is 0 Å². The molecule has 0 aliphatic carbocycles. The number of phenols is 1. The van der Waals surface area contributed by atoms with Gasteiger partial charge in [0, 0.05) is 6.54 Å². The summed E-state index contributed by atoms with van der Waals surface area (Å²) in [5, 5.41) is 18.5. The summed E-state index contributed by atoms with van der Waals surface area (Å²) in [5.74, 6) is 0.321. The van der Waals surface area contributed by atoms with Gasteiger partial charge >= 0.3 is 0 Å². The number of phenolic OH excluding ortho intramolecular Hbond substituents is 1. The molecule has 3 nitrogen and oxygen atoms in total. The first-order valence-corrected chi connectivity index (χ1v) is 5.06. The molecule has 0 aliphatic heterocycles. The van der Waals surface area contributed by atoms with Gasteiger partial charge in [-0.05, 0) is 41.2 Å². The lowest BCUT2D eigenvalue weighted by Gasteiger charge is -2.22. The van der Waals surface area contributed by atoms with E-state index >= 15 is 0 Å². The Hall–Kier alpha value is -1.06. The zero-order valence-electron chi connectivity index (χ0n) is 9.76. The second kappa shape index (κ2) is 4.21. The van der Waals surface area contributed by atoms with Crippen molar-refractivity contribution >= 4 is 0 Å². The van der Waals surface area contributed by atoms with E-state index in [0.717, 1.165) is 16.7 Å². The number of rotatable bonds is 2. The average molecular weight is 209 g/mol. The predicted octanol–water partition coefficient (Wildman–Crippen LogP) is 2.48. The normalized spacial score (nSPS) is 11.8. The molecule has 0 atom stereocenters. The first-order valence-electron chi connectivity index (χ1n) is 5.06.